The number of likely N-dealkylation sites (tertiary alicyclic amines) is 1. The normalized spacial score (nSPS) is 30.4. The van der Waals surface area contributed by atoms with Crippen molar-refractivity contribution in [1.29, 1.82) is 0 Å². The molecule has 0 aromatic rings. The largest absolute Gasteiger partial charge is 0.310 e. The van der Waals surface area contributed by atoms with E-state index < -0.39 is 0 Å². The summed E-state index contributed by atoms with van der Waals surface area (Å²) < 4.78 is 0. The quantitative estimate of drug-likeness (QED) is 0.810. The van der Waals surface area contributed by atoms with E-state index in [9.17, 15) is 0 Å². The molecule has 0 spiro atoms. The maximum Gasteiger partial charge on any atom is 0.0198 e. The number of hydrogen-bond donors (Lipinski definition) is 1. The van der Waals surface area contributed by atoms with Crippen LogP contribution in [-0.2, 0) is 0 Å². The predicted octanol–water partition coefficient (Wildman–Crippen LogP) is 3.03. The SMILES string of the molecule is CCC(NC1CCCN(C)C1)C1CCCCC1. The Hall–Kier alpha value is -0.0800. The summed E-state index contributed by atoms with van der Waals surface area (Å²) in [6, 6.07) is 1.53. The average Bonchev–Trinajstić information content (AvgIpc) is 2.37. The maximum absolute atomic E-state index is 3.96. The lowest BCUT2D eigenvalue weighted by Crippen LogP contribution is -2.50. The molecule has 2 heteroatoms. The molecule has 0 radical (unpaired) electrons. The second-order valence-electron chi connectivity index (χ2n) is 6.18. The Morgan fingerprint density at radius 3 is 2.53 bits per heavy atom. The number of likely N-dealkylation sites (N-methyl/N-ethyl adjacent to an activating group) is 1. The molecule has 0 bridgehead atoms. The second kappa shape index (κ2) is 6.75. The van der Waals surface area contributed by atoms with Gasteiger partial charge in [-0.2, -0.15) is 0 Å². The maximum atomic E-state index is 3.96. The molecular weight excluding hydrogens is 208 g/mol. The van der Waals surface area contributed by atoms with Crippen molar-refractivity contribution in [2.75, 3.05) is 20.1 Å². The summed E-state index contributed by atoms with van der Waals surface area (Å²) in [5.74, 6) is 0.959. The first kappa shape index (κ1) is 13.4. The topological polar surface area (TPSA) is 15.3 Å². The highest BCUT2D eigenvalue weighted by Crippen LogP contribution is 2.28. The molecule has 17 heavy (non-hydrogen) atoms. The summed E-state index contributed by atoms with van der Waals surface area (Å²) in [6.07, 6.45) is 11.4. The van der Waals surface area contributed by atoms with Gasteiger partial charge >= 0.3 is 0 Å². The molecule has 100 valence electrons. The Morgan fingerprint density at radius 2 is 1.88 bits per heavy atom. The van der Waals surface area contributed by atoms with E-state index in [1.54, 1.807) is 0 Å². The van der Waals surface area contributed by atoms with Crippen LogP contribution in [0.4, 0.5) is 0 Å². The molecule has 1 saturated heterocycles. The van der Waals surface area contributed by atoms with Crippen LogP contribution < -0.4 is 5.32 Å². The Labute approximate surface area is 107 Å². The highest BCUT2D eigenvalue weighted by Gasteiger charge is 2.26. The van der Waals surface area contributed by atoms with Gasteiger partial charge in [0.15, 0.2) is 0 Å². The predicted molar refractivity (Wildman–Crippen MR) is 74.3 cm³/mol. The van der Waals surface area contributed by atoms with Crippen LogP contribution in [0.3, 0.4) is 0 Å². The third-order valence-electron chi connectivity index (χ3n) is 4.73. The van der Waals surface area contributed by atoms with Gasteiger partial charge in [0.2, 0.25) is 0 Å². The van der Waals surface area contributed by atoms with E-state index in [-0.39, 0.29) is 0 Å². The average molecular weight is 238 g/mol. The van der Waals surface area contributed by atoms with Crippen molar-refractivity contribution in [3.8, 4) is 0 Å². The molecule has 2 atom stereocenters. The summed E-state index contributed by atoms with van der Waals surface area (Å²) in [5.41, 5.74) is 0. The Bertz CT molecular complexity index is 211. The van der Waals surface area contributed by atoms with Gasteiger partial charge in [0.25, 0.3) is 0 Å². The van der Waals surface area contributed by atoms with Crippen LogP contribution in [0.2, 0.25) is 0 Å². The first-order valence-electron chi connectivity index (χ1n) is 7.74. The van der Waals surface area contributed by atoms with Crippen LogP contribution in [0.25, 0.3) is 0 Å². The molecule has 0 amide bonds. The molecule has 1 saturated carbocycles. The van der Waals surface area contributed by atoms with E-state index in [4.69, 9.17) is 0 Å². The fourth-order valence-corrected chi connectivity index (χ4v) is 3.73. The summed E-state index contributed by atoms with van der Waals surface area (Å²) >= 11 is 0. The van der Waals surface area contributed by atoms with Gasteiger partial charge in [-0.25, -0.2) is 0 Å². The molecule has 1 heterocycles. The zero-order valence-corrected chi connectivity index (χ0v) is 11.8. The third-order valence-corrected chi connectivity index (χ3v) is 4.73. The van der Waals surface area contributed by atoms with E-state index in [0.717, 1.165) is 18.0 Å². The van der Waals surface area contributed by atoms with Gasteiger partial charge in [-0.15, -0.1) is 0 Å². The van der Waals surface area contributed by atoms with Crippen LogP contribution in [0.5, 0.6) is 0 Å². The lowest BCUT2D eigenvalue weighted by atomic mass is 9.82. The smallest absolute Gasteiger partial charge is 0.0198 e. The van der Waals surface area contributed by atoms with E-state index in [0.29, 0.717) is 0 Å². The molecule has 1 N–H and O–H groups in total. The van der Waals surface area contributed by atoms with Crippen molar-refractivity contribution >= 4 is 0 Å². The van der Waals surface area contributed by atoms with Crippen molar-refractivity contribution in [3.05, 3.63) is 0 Å². The van der Waals surface area contributed by atoms with Gasteiger partial charge in [-0.1, -0.05) is 26.2 Å². The zero-order valence-electron chi connectivity index (χ0n) is 11.8. The molecule has 0 aromatic carbocycles. The summed E-state index contributed by atoms with van der Waals surface area (Å²) in [6.45, 7) is 4.90. The van der Waals surface area contributed by atoms with Crippen LogP contribution in [-0.4, -0.2) is 37.1 Å². The molecule has 2 fully saturated rings. The number of nitrogens with zero attached hydrogens (tertiary/aromatic N) is 1. The fraction of sp³-hybridized carbons (Fsp3) is 1.00. The van der Waals surface area contributed by atoms with Crippen LogP contribution in [0.15, 0.2) is 0 Å². The summed E-state index contributed by atoms with van der Waals surface area (Å²) in [5, 5.41) is 3.96. The van der Waals surface area contributed by atoms with E-state index in [1.807, 2.05) is 0 Å². The van der Waals surface area contributed by atoms with Crippen molar-refractivity contribution in [2.24, 2.45) is 5.92 Å². The van der Waals surface area contributed by atoms with Gasteiger partial charge in [0.1, 0.15) is 0 Å². The Morgan fingerprint density at radius 1 is 1.12 bits per heavy atom. The molecule has 2 aliphatic rings. The molecular formula is C15H30N2. The molecule has 2 nitrogen and oxygen atoms in total. The minimum absolute atomic E-state index is 0.751. The number of nitrogens with one attached hydrogen (secondary N) is 1. The van der Waals surface area contributed by atoms with Crippen molar-refractivity contribution in [3.63, 3.8) is 0 Å². The van der Waals surface area contributed by atoms with Crippen LogP contribution in [0, 0.1) is 5.92 Å². The first-order chi connectivity index (χ1) is 8.29. The van der Waals surface area contributed by atoms with Gasteiger partial charge in [0, 0.05) is 18.6 Å². The summed E-state index contributed by atoms with van der Waals surface area (Å²) in [7, 11) is 2.26. The fourth-order valence-electron chi connectivity index (χ4n) is 3.73. The monoisotopic (exact) mass is 238 g/mol. The summed E-state index contributed by atoms with van der Waals surface area (Å²) in [4.78, 5) is 2.48. The lowest BCUT2D eigenvalue weighted by Gasteiger charge is -2.37. The van der Waals surface area contributed by atoms with Crippen LogP contribution in [0.1, 0.15) is 58.3 Å². The van der Waals surface area contributed by atoms with Gasteiger partial charge in [-0.05, 0) is 51.6 Å². The van der Waals surface area contributed by atoms with Crippen molar-refractivity contribution in [2.45, 2.75) is 70.4 Å². The molecule has 2 unspecified atom stereocenters. The minimum Gasteiger partial charge on any atom is -0.310 e. The number of rotatable bonds is 4. The Kier molecular flexibility index (Phi) is 5.30. The van der Waals surface area contributed by atoms with Gasteiger partial charge < -0.3 is 10.2 Å². The third kappa shape index (κ3) is 3.96. The van der Waals surface area contributed by atoms with E-state index in [2.05, 4.69) is 24.2 Å². The van der Waals surface area contributed by atoms with E-state index in [1.165, 1.54) is 64.5 Å². The standard InChI is InChI=1S/C15H30N2/c1-3-15(13-8-5-4-6-9-13)16-14-10-7-11-17(2)12-14/h13-16H,3-12H2,1-2H3. The highest BCUT2D eigenvalue weighted by molar-refractivity contribution is 4.84. The van der Waals surface area contributed by atoms with Crippen LogP contribution >= 0.6 is 0 Å². The van der Waals surface area contributed by atoms with Crippen molar-refractivity contribution in [1.82, 2.24) is 10.2 Å². The van der Waals surface area contributed by atoms with E-state index >= 15 is 0 Å². The van der Waals surface area contributed by atoms with Crippen molar-refractivity contribution < 1.29 is 0 Å². The molecule has 1 aliphatic carbocycles. The second-order valence-corrected chi connectivity index (χ2v) is 6.18. The molecule has 1 aliphatic heterocycles. The lowest BCUT2D eigenvalue weighted by molar-refractivity contribution is 0.183. The van der Waals surface area contributed by atoms with Gasteiger partial charge in [-0.3, -0.25) is 0 Å². The first-order valence-corrected chi connectivity index (χ1v) is 7.74. The molecule has 2 rings (SSSR count). The number of hydrogen-bond acceptors (Lipinski definition) is 2. The van der Waals surface area contributed by atoms with Gasteiger partial charge in [0.05, 0.1) is 0 Å². The highest BCUT2D eigenvalue weighted by atomic mass is 15.1. The minimum atomic E-state index is 0.751. The zero-order chi connectivity index (χ0) is 12.1. The number of piperidine rings is 1. The Balaban J connectivity index is 1.81. The molecule has 0 aromatic heterocycles.